The van der Waals surface area contributed by atoms with Crippen LogP contribution in [0, 0.1) is 0 Å². The molecule has 1 unspecified atom stereocenters. The van der Waals surface area contributed by atoms with Crippen LogP contribution in [0.25, 0.3) is 0 Å². The van der Waals surface area contributed by atoms with E-state index in [1.165, 1.54) is 0 Å². The molecule has 1 atom stereocenters. The Labute approximate surface area is 102 Å². The zero-order valence-electron chi connectivity index (χ0n) is 10.7. The highest BCUT2D eigenvalue weighted by atomic mass is 16.5. The normalized spacial score (nSPS) is 14.3. The summed E-state index contributed by atoms with van der Waals surface area (Å²) in [6.07, 6.45) is 4.17. The van der Waals surface area contributed by atoms with Crippen LogP contribution in [-0.2, 0) is 16.0 Å². The van der Waals surface area contributed by atoms with Gasteiger partial charge in [-0.05, 0) is 26.3 Å². The topological polar surface area (TPSA) is 65.2 Å². The number of pyridine rings is 1. The number of ketones is 1. The molecule has 1 heterocycles. The zero-order valence-corrected chi connectivity index (χ0v) is 10.7. The van der Waals surface area contributed by atoms with Crippen molar-refractivity contribution in [3.63, 3.8) is 0 Å². The van der Waals surface area contributed by atoms with E-state index < -0.39 is 5.60 Å². The lowest BCUT2D eigenvalue weighted by molar-refractivity contribution is -0.141. The summed E-state index contributed by atoms with van der Waals surface area (Å²) in [5.74, 6) is 0.0431. The smallest absolute Gasteiger partial charge is 0.168 e. The Morgan fingerprint density at radius 1 is 1.53 bits per heavy atom. The molecule has 0 bridgehead atoms. The SMILES string of the molecule is CCOC(C)(CC)C(=O)Cc1cnccc1N. The van der Waals surface area contributed by atoms with Gasteiger partial charge in [0, 0.05) is 36.7 Å². The second-order valence-electron chi connectivity index (χ2n) is 4.19. The fourth-order valence-electron chi connectivity index (χ4n) is 1.64. The summed E-state index contributed by atoms with van der Waals surface area (Å²) in [6.45, 7) is 6.18. The van der Waals surface area contributed by atoms with Crippen molar-refractivity contribution in [1.29, 1.82) is 0 Å². The predicted molar refractivity (Wildman–Crippen MR) is 67.7 cm³/mol. The number of carbonyl (C=O) groups excluding carboxylic acids is 1. The van der Waals surface area contributed by atoms with Gasteiger partial charge in [-0.3, -0.25) is 9.78 Å². The fraction of sp³-hybridized carbons (Fsp3) is 0.538. The average Bonchev–Trinajstić information content (AvgIpc) is 2.32. The van der Waals surface area contributed by atoms with Crippen LogP contribution in [0.2, 0.25) is 0 Å². The van der Waals surface area contributed by atoms with Gasteiger partial charge < -0.3 is 10.5 Å². The Bertz CT molecular complexity index is 393. The largest absolute Gasteiger partial charge is 0.398 e. The van der Waals surface area contributed by atoms with E-state index in [1.807, 2.05) is 20.8 Å². The van der Waals surface area contributed by atoms with Gasteiger partial charge in [0.05, 0.1) is 0 Å². The molecule has 0 saturated carbocycles. The molecular formula is C13H20N2O2. The second kappa shape index (κ2) is 5.77. The highest BCUT2D eigenvalue weighted by molar-refractivity contribution is 5.89. The van der Waals surface area contributed by atoms with E-state index in [-0.39, 0.29) is 12.2 Å². The minimum absolute atomic E-state index is 0.0431. The number of carbonyl (C=O) groups is 1. The molecule has 0 aliphatic rings. The van der Waals surface area contributed by atoms with Crippen LogP contribution in [0.3, 0.4) is 0 Å². The van der Waals surface area contributed by atoms with Crippen molar-refractivity contribution >= 4 is 11.5 Å². The number of nitrogen functional groups attached to an aromatic ring is 1. The molecule has 1 aromatic heterocycles. The molecule has 17 heavy (non-hydrogen) atoms. The molecule has 4 nitrogen and oxygen atoms in total. The number of hydrogen-bond acceptors (Lipinski definition) is 4. The molecule has 0 aliphatic heterocycles. The zero-order chi connectivity index (χ0) is 12.9. The molecule has 0 radical (unpaired) electrons. The van der Waals surface area contributed by atoms with Gasteiger partial charge in [0.2, 0.25) is 0 Å². The molecule has 4 heteroatoms. The number of Topliss-reactive ketones (excluding diaryl/α,β-unsaturated/α-hetero) is 1. The van der Waals surface area contributed by atoms with Gasteiger partial charge >= 0.3 is 0 Å². The number of nitrogens with two attached hydrogens (primary N) is 1. The first-order valence-electron chi connectivity index (χ1n) is 5.89. The summed E-state index contributed by atoms with van der Waals surface area (Å²) in [4.78, 5) is 16.2. The third-order valence-corrected chi connectivity index (χ3v) is 3.02. The van der Waals surface area contributed by atoms with E-state index in [1.54, 1.807) is 18.5 Å². The van der Waals surface area contributed by atoms with Crippen molar-refractivity contribution < 1.29 is 9.53 Å². The standard InChI is InChI=1S/C13H20N2O2/c1-4-13(3,17-5-2)12(16)8-10-9-15-7-6-11(10)14/h6-7,9H,4-5,8H2,1-3H3,(H2,14,15). The molecule has 1 rings (SSSR count). The fourth-order valence-corrected chi connectivity index (χ4v) is 1.64. The van der Waals surface area contributed by atoms with Crippen LogP contribution < -0.4 is 5.73 Å². The van der Waals surface area contributed by atoms with Gasteiger partial charge in [-0.15, -0.1) is 0 Å². The maximum Gasteiger partial charge on any atom is 0.168 e. The Morgan fingerprint density at radius 3 is 2.76 bits per heavy atom. The summed E-state index contributed by atoms with van der Waals surface area (Å²) in [7, 11) is 0. The lowest BCUT2D eigenvalue weighted by Gasteiger charge is -2.26. The lowest BCUT2D eigenvalue weighted by Crippen LogP contribution is -2.39. The van der Waals surface area contributed by atoms with Crippen LogP contribution in [0.4, 0.5) is 5.69 Å². The molecule has 0 spiro atoms. The molecule has 0 fully saturated rings. The van der Waals surface area contributed by atoms with Crippen molar-refractivity contribution in [2.24, 2.45) is 0 Å². The van der Waals surface area contributed by atoms with E-state index in [0.29, 0.717) is 18.7 Å². The number of hydrogen-bond donors (Lipinski definition) is 1. The maximum atomic E-state index is 12.2. The molecule has 0 amide bonds. The first-order chi connectivity index (χ1) is 8.03. The highest BCUT2D eigenvalue weighted by Gasteiger charge is 2.31. The van der Waals surface area contributed by atoms with Gasteiger partial charge in [-0.2, -0.15) is 0 Å². The number of rotatable bonds is 6. The van der Waals surface area contributed by atoms with Crippen molar-refractivity contribution in [2.75, 3.05) is 12.3 Å². The molecule has 0 aliphatic carbocycles. The summed E-state index contributed by atoms with van der Waals surface area (Å²) in [5, 5.41) is 0. The van der Waals surface area contributed by atoms with Gasteiger partial charge in [0.15, 0.2) is 5.78 Å². The van der Waals surface area contributed by atoms with E-state index in [0.717, 1.165) is 5.56 Å². The Kier molecular flexibility index (Phi) is 4.63. The van der Waals surface area contributed by atoms with Crippen molar-refractivity contribution in [3.8, 4) is 0 Å². The second-order valence-corrected chi connectivity index (χ2v) is 4.19. The maximum absolute atomic E-state index is 12.2. The summed E-state index contributed by atoms with van der Waals surface area (Å²) < 4.78 is 5.54. The Balaban J connectivity index is 2.81. The monoisotopic (exact) mass is 236 g/mol. The van der Waals surface area contributed by atoms with Crippen LogP contribution in [0.5, 0.6) is 0 Å². The van der Waals surface area contributed by atoms with Crippen LogP contribution in [-0.4, -0.2) is 23.0 Å². The first kappa shape index (κ1) is 13.6. The quantitative estimate of drug-likeness (QED) is 0.820. The highest BCUT2D eigenvalue weighted by Crippen LogP contribution is 2.20. The molecule has 0 aromatic carbocycles. The van der Waals surface area contributed by atoms with Gasteiger partial charge in [-0.25, -0.2) is 0 Å². The van der Waals surface area contributed by atoms with Gasteiger partial charge in [0.25, 0.3) is 0 Å². The van der Waals surface area contributed by atoms with E-state index >= 15 is 0 Å². The summed E-state index contributed by atoms with van der Waals surface area (Å²) in [6, 6.07) is 1.70. The summed E-state index contributed by atoms with van der Waals surface area (Å²) >= 11 is 0. The minimum atomic E-state index is -0.725. The van der Waals surface area contributed by atoms with E-state index in [9.17, 15) is 4.79 Å². The predicted octanol–water partition coefficient (Wildman–Crippen LogP) is 1.98. The number of aromatic nitrogens is 1. The molecular weight excluding hydrogens is 216 g/mol. The van der Waals surface area contributed by atoms with Crippen LogP contribution in [0.15, 0.2) is 18.5 Å². The number of ether oxygens (including phenoxy) is 1. The van der Waals surface area contributed by atoms with Crippen LogP contribution in [0.1, 0.15) is 32.8 Å². The first-order valence-corrected chi connectivity index (χ1v) is 5.89. The third kappa shape index (κ3) is 3.27. The number of anilines is 1. The van der Waals surface area contributed by atoms with Gasteiger partial charge in [-0.1, -0.05) is 6.92 Å². The number of nitrogens with zero attached hydrogens (tertiary/aromatic N) is 1. The Hall–Kier alpha value is -1.42. The third-order valence-electron chi connectivity index (χ3n) is 3.02. The molecule has 1 aromatic rings. The Morgan fingerprint density at radius 2 is 2.24 bits per heavy atom. The van der Waals surface area contributed by atoms with Crippen molar-refractivity contribution in [2.45, 2.75) is 39.2 Å². The van der Waals surface area contributed by atoms with Crippen molar-refractivity contribution in [1.82, 2.24) is 4.98 Å². The molecule has 94 valence electrons. The molecule has 2 N–H and O–H groups in total. The minimum Gasteiger partial charge on any atom is -0.398 e. The molecule has 0 saturated heterocycles. The average molecular weight is 236 g/mol. The van der Waals surface area contributed by atoms with E-state index in [2.05, 4.69) is 4.98 Å². The van der Waals surface area contributed by atoms with Crippen molar-refractivity contribution in [3.05, 3.63) is 24.0 Å². The van der Waals surface area contributed by atoms with Gasteiger partial charge in [0.1, 0.15) is 5.60 Å². The van der Waals surface area contributed by atoms with Crippen LogP contribution >= 0.6 is 0 Å². The van der Waals surface area contributed by atoms with E-state index in [4.69, 9.17) is 10.5 Å². The summed E-state index contributed by atoms with van der Waals surface area (Å²) in [5.41, 5.74) is 6.43. The lowest BCUT2D eigenvalue weighted by atomic mass is 9.92.